The minimum absolute atomic E-state index is 0.0201. The summed E-state index contributed by atoms with van der Waals surface area (Å²) in [6, 6.07) is 1.80. The summed E-state index contributed by atoms with van der Waals surface area (Å²) in [6.45, 7) is 5.89. The summed E-state index contributed by atoms with van der Waals surface area (Å²) in [4.78, 5) is 0. The van der Waals surface area contributed by atoms with E-state index in [-0.39, 0.29) is 18.3 Å². The topological polar surface area (TPSA) is 40.5 Å². The van der Waals surface area contributed by atoms with Crippen LogP contribution in [0.4, 0.5) is 0 Å². The van der Waals surface area contributed by atoms with Crippen LogP contribution in [0, 0.1) is 6.92 Å². The SMILES string of the molecule is Cc1c(Cl)cc(C(C)C)c(O)c1CCO. The first-order valence-corrected chi connectivity index (χ1v) is 5.48. The maximum absolute atomic E-state index is 10.0. The van der Waals surface area contributed by atoms with Gasteiger partial charge >= 0.3 is 0 Å². The first-order valence-electron chi connectivity index (χ1n) is 5.10. The van der Waals surface area contributed by atoms with Crippen molar-refractivity contribution in [1.29, 1.82) is 0 Å². The molecule has 0 aliphatic carbocycles. The molecule has 0 amide bonds. The number of hydrogen-bond acceptors (Lipinski definition) is 2. The number of halogens is 1. The molecule has 0 aliphatic rings. The molecule has 15 heavy (non-hydrogen) atoms. The molecule has 0 radical (unpaired) electrons. The number of aliphatic hydroxyl groups excluding tert-OH is 1. The van der Waals surface area contributed by atoms with Gasteiger partial charge in [-0.1, -0.05) is 25.4 Å². The molecule has 2 nitrogen and oxygen atoms in total. The standard InChI is InChI=1S/C12H17ClO2/c1-7(2)10-6-11(13)8(3)9(4-5-14)12(10)15/h6-7,14-15H,4-5H2,1-3H3. The van der Waals surface area contributed by atoms with Crippen LogP contribution in [-0.2, 0) is 6.42 Å². The lowest BCUT2D eigenvalue weighted by Gasteiger charge is -2.16. The third kappa shape index (κ3) is 2.44. The number of aromatic hydroxyl groups is 1. The van der Waals surface area contributed by atoms with E-state index in [1.54, 1.807) is 6.07 Å². The number of phenolic OH excluding ortho intramolecular Hbond substituents is 1. The van der Waals surface area contributed by atoms with Crippen molar-refractivity contribution in [3.05, 3.63) is 27.8 Å². The average molecular weight is 229 g/mol. The van der Waals surface area contributed by atoms with E-state index < -0.39 is 0 Å². The molecular formula is C12H17ClO2. The van der Waals surface area contributed by atoms with Gasteiger partial charge in [-0.3, -0.25) is 0 Å². The minimum Gasteiger partial charge on any atom is -0.507 e. The lowest BCUT2D eigenvalue weighted by Crippen LogP contribution is -2.00. The molecule has 0 saturated heterocycles. The Hall–Kier alpha value is -0.730. The van der Waals surface area contributed by atoms with Gasteiger partial charge in [-0.05, 0) is 36.5 Å². The average Bonchev–Trinajstić information content (AvgIpc) is 2.18. The van der Waals surface area contributed by atoms with Crippen LogP contribution in [0.2, 0.25) is 5.02 Å². The van der Waals surface area contributed by atoms with Crippen LogP contribution in [-0.4, -0.2) is 16.8 Å². The van der Waals surface area contributed by atoms with E-state index in [1.807, 2.05) is 20.8 Å². The second-order valence-electron chi connectivity index (χ2n) is 4.03. The van der Waals surface area contributed by atoms with E-state index in [9.17, 15) is 5.11 Å². The predicted octanol–water partition coefficient (Wildman–Crippen LogP) is 3.01. The van der Waals surface area contributed by atoms with Crippen LogP contribution in [0.15, 0.2) is 6.07 Å². The maximum atomic E-state index is 10.0. The molecule has 1 aromatic rings. The van der Waals surface area contributed by atoms with Gasteiger partial charge in [-0.15, -0.1) is 0 Å². The molecule has 1 aromatic carbocycles. The normalized spacial score (nSPS) is 11.1. The van der Waals surface area contributed by atoms with Gasteiger partial charge in [0.25, 0.3) is 0 Å². The minimum atomic E-state index is 0.0201. The Morgan fingerprint density at radius 3 is 2.47 bits per heavy atom. The molecule has 0 aliphatic heterocycles. The fraction of sp³-hybridized carbons (Fsp3) is 0.500. The summed E-state index contributed by atoms with van der Waals surface area (Å²) >= 11 is 6.08. The first-order chi connectivity index (χ1) is 6.99. The van der Waals surface area contributed by atoms with Crippen molar-refractivity contribution >= 4 is 11.6 Å². The fourth-order valence-corrected chi connectivity index (χ4v) is 1.90. The lowest BCUT2D eigenvalue weighted by molar-refractivity contribution is 0.297. The highest BCUT2D eigenvalue weighted by atomic mass is 35.5. The van der Waals surface area contributed by atoms with Crippen LogP contribution < -0.4 is 0 Å². The molecule has 0 bridgehead atoms. The summed E-state index contributed by atoms with van der Waals surface area (Å²) in [5.74, 6) is 0.501. The highest BCUT2D eigenvalue weighted by molar-refractivity contribution is 6.31. The molecule has 3 heteroatoms. The van der Waals surface area contributed by atoms with Gasteiger partial charge in [0.2, 0.25) is 0 Å². The van der Waals surface area contributed by atoms with Crippen molar-refractivity contribution in [3.8, 4) is 5.75 Å². The molecular weight excluding hydrogens is 212 g/mol. The van der Waals surface area contributed by atoms with E-state index in [0.717, 1.165) is 16.7 Å². The zero-order chi connectivity index (χ0) is 11.6. The second kappa shape index (κ2) is 4.86. The Kier molecular flexibility index (Phi) is 4.00. The number of aliphatic hydroxyl groups is 1. The van der Waals surface area contributed by atoms with Gasteiger partial charge in [-0.25, -0.2) is 0 Å². The van der Waals surface area contributed by atoms with Crippen LogP contribution in [0.3, 0.4) is 0 Å². The van der Waals surface area contributed by atoms with Crippen molar-refractivity contribution in [2.24, 2.45) is 0 Å². The fourth-order valence-electron chi connectivity index (χ4n) is 1.67. The van der Waals surface area contributed by atoms with Crippen molar-refractivity contribution in [1.82, 2.24) is 0 Å². The summed E-state index contributed by atoms with van der Waals surface area (Å²) in [6.07, 6.45) is 0.442. The number of phenols is 1. The van der Waals surface area contributed by atoms with Crippen LogP contribution in [0.25, 0.3) is 0 Å². The molecule has 0 aromatic heterocycles. The molecule has 0 atom stereocenters. The molecule has 0 fully saturated rings. The molecule has 1 rings (SSSR count). The quantitative estimate of drug-likeness (QED) is 0.835. The van der Waals surface area contributed by atoms with Gasteiger partial charge in [0.05, 0.1) is 0 Å². The predicted molar refractivity (Wildman–Crippen MR) is 62.7 cm³/mol. The van der Waals surface area contributed by atoms with Gasteiger partial charge in [0.15, 0.2) is 0 Å². The van der Waals surface area contributed by atoms with Crippen molar-refractivity contribution in [2.45, 2.75) is 33.1 Å². The summed E-state index contributed by atoms with van der Waals surface area (Å²) < 4.78 is 0. The van der Waals surface area contributed by atoms with Crippen molar-refractivity contribution < 1.29 is 10.2 Å². The summed E-state index contributed by atoms with van der Waals surface area (Å²) in [5, 5.41) is 19.6. The van der Waals surface area contributed by atoms with E-state index in [2.05, 4.69) is 0 Å². The summed E-state index contributed by atoms with van der Waals surface area (Å²) in [5.41, 5.74) is 2.45. The van der Waals surface area contributed by atoms with E-state index in [4.69, 9.17) is 16.7 Å². The highest BCUT2D eigenvalue weighted by Gasteiger charge is 2.15. The lowest BCUT2D eigenvalue weighted by atomic mass is 9.94. The number of hydrogen-bond donors (Lipinski definition) is 2. The van der Waals surface area contributed by atoms with E-state index >= 15 is 0 Å². The second-order valence-corrected chi connectivity index (χ2v) is 4.44. The van der Waals surface area contributed by atoms with Crippen LogP contribution in [0.1, 0.15) is 36.5 Å². The Morgan fingerprint density at radius 2 is 2.00 bits per heavy atom. The highest BCUT2D eigenvalue weighted by Crippen LogP contribution is 2.35. The van der Waals surface area contributed by atoms with Gasteiger partial charge in [-0.2, -0.15) is 0 Å². The Morgan fingerprint density at radius 1 is 1.40 bits per heavy atom. The molecule has 0 heterocycles. The number of benzene rings is 1. The van der Waals surface area contributed by atoms with Crippen molar-refractivity contribution in [2.75, 3.05) is 6.61 Å². The van der Waals surface area contributed by atoms with Gasteiger partial charge in [0.1, 0.15) is 5.75 Å². The van der Waals surface area contributed by atoms with Crippen LogP contribution >= 0.6 is 11.6 Å². The third-order valence-electron chi connectivity index (χ3n) is 2.64. The van der Waals surface area contributed by atoms with Crippen LogP contribution in [0.5, 0.6) is 5.75 Å². The van der Waals surface area contributed by atoms with E-state index in [1.165, 1.54) is 0 Å². The smallest absolute Gasteiger partial charge is 0.122 e. The Balaban J connectivity index is 3.35. The van der Waals surface area contributed by atoms with Crippen molar-refractivity contribution in [3.63, 3.8) is 0 Å². The first kappa shape index (κ1) is 12.3. The summed E-state index contributed by atoms with van der Waals surface area (Å²) in [7, 11) is 0. The maximum Gasteiger partial charge on any atom is 0.122 e. The Labute approximate surface area is 95.5 Å². The molecule has 0 spiro atoms. The van der Waals surface area contributed by atoms with E-state index in [0.29, 0.717) is 11.4 Å². The number of rotatable bonds is 3. The largest absolute Gasteiger partial charge is 0.507 e. The zero-order valence-corrected chi connectivity index (χ0v) is 10.1. The third-order valence-corrected chi connectivity index (χ3v) is 3.03. The monoisotopic (exact) mass is 228 g/mol. The molecule has 84 valence electrons. The Bertz CT molecular complexity index is 359. The molecule has 2 N–H and O–H groups in total. The van der Waals surface area contributed by atoms with Gasteiger partial charge in [0, 0.05) is 17.2 Å². The van der Waals surface area contributed by atoms with Gasteiger partial charge < -0.3 is 10.2 Å². The molecule has 0 unspecified atom stereocenters. The molecule has 0 saturated carbocycles. The zero-order valence-electron chi connectivity index (χ0n) is 9.34.